The molecule has 0 heterocycles. The molecule has 0 fully saturated rings. The van der Waals surface area contributed by atoms with Crippen molar-refractivity contribution in [3.05, 3.63) is 96.1 Å². The fourth-order valence-corrected chi connectivity index (χ4v) is 2.94. The van der Waals surface area contributed by atoms with E-state index in [-0.39, 0.29) is 6.17 Å². The Kier molecular flexibility index (Phi) is 9.82. The third-order valence-electron chi connectivity index (χ3n) is 4.97. The summed E-state index contributed by atoms with van der Waals surface area (Å²) < 4.78 is 0. The van der Waals surface area contributed by atoms with Crippen LogP contribution in [0.3, 0.4) is 0 Å². The molecule has 0 saturated carbocycles. The van der Waals surface area contributed by atoms with Crippen LogP contribution in [0.25, 0.3) is 11.1 Å². The Hall–Kier alpha value is -2.91. The van der Waals surface area contributed by atoms with Gasteiger partial charge in [0.2, 0.25) is 0 Å². The Labute approximate surface area is 182 Å². The molecule has 2 atom stereocenters. The molecular weight excluding hydrogens is 366 g/mol. The second-order valence-electron chi connectivity index (χ2n) is 7.18. The van der Waals surface area contributed by atoms with E-state index in [1.807, 2.05) is 50.2 Å². The zero-order chi connectivity index (χ0) is 21.8. The van der Waals surface area contributed by atoms with Crippen molar-refractivity contribution in [2.24, 2.45) is 16.6 Å². The molecule has 0 amide bonds. The molecule has 0 aromatic heterocycles. The SMILES string of the molecule is CC.CCC(C)CN=C(NC(N)c1ccccc1)c1ccc(-c2ccccc2)cc1. The highest BCUT2D eigenvalue weighted by Crippen LogP contribution is 2.20. The minimum atomic E-state index is -0.300. The average molecular weight is 402 g/mol. The average Bonchev–Trinajstić information content (AvgIpc) is 2.84. The van der Waals surface area contributed by atoms with Crippen molar-refractivity contribution < 1.29 is 0 Å². The second kappa shape index (κ2) is 12.6. The molecule has 0 aliphatic carbocycles. The van der Waals surface area contributed by atoms with Crippen molar-refractivity contribution in [2.45, 2.75) is 40.3 Å². The molecule has 0 radical (unpaired) electrons. The molecule has 0 aliphatic rings. The summed E-state index contributed by atoms with van der Waals surface area (Å²) in [6, 6.07) is 29.0. The maximum Gasteiger partial charge on any atom is 0.129 e. The van der Waals surface area contributed by atoms with Gasteiger partial charge in [0.05, 0.1) is 0 Å². The molecule has 0 spiro atoms. The van der Waals surface area contributed by atoms with Gasteiger partial charge in [0.1, 0.15) is 12.0 Å². The molecule has 3 aromatic rings. The molecule has 0 bridgehead atoms. The lowest BCUT2D eigenvalue weighted by molar-refractivity contribution is 0.573. The number of amidine groups is 1. The molecule has 30 heavy (non-hydrogen) atoms. The first-order chi connectivity index (χ1) is 14.7. The summed E-state index contributed by atoms with van der Waals surface area (Å²) in [5.41, 5.74) is 10.9. The van der Waals surface area contributed by atoms with Crippen LogP contribution in [0.5, 0.6) is 0 Å². The van der Waals surface area contributed by atoms with Gasteiger partial charge in [-0.05, 0) is 22.6 Å². The Morgan fingerprint density at radius 3 is 1.93 bits per heavy atom. The summed E-state index contributed by atoms with van der Waals surface area (Å²) >= 11 is 0. The van der Waals surface area contributed by atoms with E-state index >= 15 is 0 Å². The number of hydrogen-bond donors (Lipinski definition) is 2. The van der Waals surface area contributed by atoms with Crippen molar-refractivity contribution in [3.63, 3.8) is 0 Å². The van der Waals surface area contributed by atoms with Crippen LogP contribution in [0.4, 0.5) is 0 Å². The number of benzene rings is 3. The minimum absolute atomic E-state index is 0.300. The normalized spacial score (nSPS) is 13.0. The van der Waals surface area contributed by atoms with Gasteiger partial charge in [0.25, 0.3) is 0 Å². The third-order valence-corrected chi connectivity index (χ3v) is 4.97. The zero-order valence-corrected chi connectivity index (χ0v) is 18.7. The van der Waals surface area contributed by atoms with E-state index < -0.39 is 0 Å². The van der Waals surface area contributed by atoms with E-state index in [0.29, 0.717) is 5.92 Å². The van der Waals surface area contributed by atoms with E-state index in [2.05, 4.69) is 67.7 Å². The number of nitrogens with zero attached hydrogens (tertiary/aromatic N) is 1. The lowest BCUT2D eigenvalue weighted by Gasteiger charge is -2.19. The lowest BCUT2D eigenvalue weighted by atomic mass is 10.0. The molecule has 3 aromatic carbocycles. The van der Waals surface area contributed by atoms with Crippen molar-refractivity contribution in [2.75, 3.05) is 6.54 Å². The third kappa shape index (κ3) is 6.85. The second-order valence-corrected chi connectivity index (χ2v) is 7.18. The van der Waals surface area contributed by atoms with Gasteiger partial charge in [0, 0.05) is 12.1 Å². The number of aliphatic imine (C=N–C) groups is 1. The van der Waals surface area contributed by atoms with E-state index in [1.165, 1.54) is 11.1 Å². The summed E-state index contributed by atoms with van der Waals surface area (Å²) in [5.74, 6) is 1.38. The fourth-order valence-electron chi connectivity index (χ4n) is 2.94. The summed E-state index contributed by atoms with van der Waals surface area (Å²) in [7, 11) is 0. The molecule has 158 valence electrons. The van der Waals surface area contributed by atoms with Gasteiger partial charge in [-0.25, -0.2) is 0 Å². The van der Waals surface area contributed by atoms with Crippen molar-refractivity contribution in [1.82, 2.24) is 5.32 Å². The van der Waals surface area contributed by atoms with Gasteiger partial charge in [-0.15, -0.1) is 0 Å². The van der Waals surface area contributed by atoms with Crippen LogP contribution in [0, 0.1) is 5.92 Å². The van der Waals surface area contributed by atoms with E-state index in [1.54, 1.807) is 0 Å². The molecule has 0 aliphatic heterocycles. The highest BCUT2D eigenvalue weighted by atomic mass is 15.1. The van der Waals surface area contributed by atoms with Crippen LogP contribution in [-0.4, -0.2) is 12.4 Å². The molecule has 2 unspecified atom stereocenters. The first kappa shape index (κ1) is 23.4. The first-order valence-corrected chi connectivity index (χ1v) is 10.9. The molecule has 3 nitrogen and oxygen atoms in total. The highest BCUT2D eigenvalue weighted by Gasteiger charge is 2.11. The number of nitrogens with one attached hydrogen (secondary N) is 1. The van der Waals surface area contributed by atoms with Gasteiger partial charge in [0.15, 0.2) is 0 Å². The molecule has 3 rings (SSSR count). The summed E-state index contributed by atoms with van der Waals surface area (Å²) in [5, 5.41) is 3.42. The Morgan fingerprint density at radius 1 is 0.833 bits per heavy atom. The first-order valence-electron chi connectivity index (χ1n) is 10.9. The monoisotopic (exact) mass is 401 g/mol. The van der Waals surface area contributed by atoms with Crippen LogP contribution in [-0.2, 0) is 0 Å². The Balaban J connectivity index is 0.00000155. The number of hydrogen-bond acceptors (Lipinski definition) is 2. The van der Waals surface area contributed by atoms with Crippen LogP contribution < -0.4 is 11.1 Å². The number of rotatable bonds is 7. The minimum Gasteiger partial charge on any atom is -0.351 e. The molecular formula is C27H35N3. The maximum absolute atomic E-state index is 6.40. The van der Waals surface area contributed by atoms with Crippen LogP contribution in [0.2, 0.25) is 0 Å². The fraction of sp³-hybridized carbons (Fsp3) is 0.296. The van der Waals surface area contributed by atoms with Gasteiger partial charge >= 0.3 is 0 Å². The van der Waals surface area contributed by atoms with Crippen molar-refractivity contribution in [1.29, 1.82) is 0 Å². The topological polar surface area (TPSA) is 50.4 Å². The van der Waals surface area contributed by atoms with Gasteiger partial charge < -0.3 is 11.1 Å². The predicted molar refractivity (Wildman–Crippen MR) is 131 cm³/mol. The Morgan fingerprint density at radius 2 is 1.37 bits per heavy atom. The van der Waals surface area contributed by atoms with E-state index in [4.69, 9.17) is 10.7 Å². The van der Waals surface area contributed by atoms with Crippen LogP contribution >= 0.6 is 0 Å². The van der Waals surface area contributed by atoms with Crippen molar-refractivity contribution >= 4 is 5.84 Å². The van der Waals surface area contributed by atoms with E-state index in [0.717, 1.165) is 29.9 Å². The van der Waals surface area contributed by atoms with Crippen molar-refractivity contribution in [3.8, 4) is 11.1 Å². The molecule has 3 heteroatoms. The van der Waals surface area contributed by atoms with Crippen LogP contribution in [0.1, 0.15) is 51.4 Å². The lowest BCUT2D eigenvalue weighted by Crippen LogP contribution is -2.35. The summed E-state index contributed by atoms with van der Waals surface area (Å²) in [6.45, 7) is 9.19. The zero-order valence-electron chi connectivity index (χ0n) is 18.7. The smallest absolute Gasteiger partial charge is 0.129 e. The van der Waals surface area contributed by atoms with Gasteiger partial charge in [-0.3, -0.25) is 4.99 Å². The number of nitrogens with two attached hydrogens (primary N) is 1. The summed E-state index contributed by atoms with van der Waals surface area (Å²) in [6.07, 6.45) is 0.805. The van der Waals surface area contributed by atoms with Gasteiger partial charge in [-0.2, -0.15) is 0 Å². The predicted octanol–water partition coefficient (Wildman–Crippen LogP) is 6.42. The summed E-state index contributed by atoms with van der Waals surface area (Å²) in [4.78, 5) is 4.86. The maximum atomic E-state index is 6.40. The van der Waals surface area contributed by atoms with Crippen LogP contribution in [0.15, 0.2) is 89.9 Å². The largest absolute Gasteiger partial charge is 0.351 e. The Bertz CT molecular complexity index is 871. The highest BCUT2D eigenvalue weighted by molar-refractivity contribution is 5.99. The van der Waals surface area contributed by atoms with Gasteiger partial charge in [-0.1, -0.05) is 119 Å². The molecule has 0 saturated heterocycles. The standard InChI is InChI=1S/C25H29N3.C2H6/c1-3-19(2)18-27-25(28-24(26)22-12-8-5-9-13-22)23-16-14-21(15-17-23)20-10-6-4-7-11-20;1-2/h4-17,19,24H,3,18,26H2,1-2H3,(H,27,28);1-2H3. The quantitative estimate of drug-likeness (QED) is 0.273. The van der Waals surface area contributed by atoms with E-state index in [9.17, 15) is 0 Å². The molecule has 3 N–H and O–H groups in total.